The van der Waals surface area contributed by atoms with Gasteiger partial charge in [-0.3, -0.25) is 9.69 Å². The number of benzene rings is 1. The molecule has 0 atom stereocenters. The van der Waals surface area contributed by atoms with E-state index in [1.807, 2.05) is 6.07 Å². The van der Waals surface area contributed by atoms with Crippen LogP contribution in [-0.4, -0.2) is 36.5 Å². The van der Waals surface area contributed by atoms with Gasteiger partial charge in [0.2, 0.25) is 0 Å². The number of nitrogens with two attached hydrogens (primary N) is 1. The van der Waals surface area contributed by atoms with Crippen LogP contribution in [-0.2, 0) is 0 Å². The van der Waals surface area contributed by atoms with Crippen LogP contribution in [0, 0.1) is 0 Å². The lowest BCUT2D eigenvalue weighted by Gasteiger charge is -2.19. The van der Waals surface area contributed by atoms with Gasteiger partial charge in [0.15, 0.2) is 0 Å². The van der Waals surface area contributed by atoms with Gasteiger partial charge in [-0.05, 0) is 37.6 Å². The Morgan fingerprint density at radius 1 is 1.53 bits per heavy atom. The minimum absolute atomic E-state index is 0.106. The molecule has 1 amide bonds. The SMILES string of the molecule is CCN(CCNC(=O)c1cc(Br)ccc1N)C1CC1. The minimum Gasteiger partial charge on any atom is -0.398 e. The highest BCUT2D eigenvalue weighted by Gasteiger charge is 2.27. The van der Waals surface area contributed by atoms with E-state index in [4.69, 9.17) is 5.73 Å². The Labute approximate surface area is 122 Å². The molecule has 104 valence electrons. The molecule has 5 heteroatoms. The highest BCUT2D eigenvalue weighted by atomic mass is 79.9. The Kier molecular flexibility index (Phi) is 4.82. The second-order valence-electron chi connectivity index (χ2n) is 4.85. The van der Waals surface area contributed by atoms with Crippen LogP contribution in [0.25, 0.3) is 0 Å². The summed E-state index contributed by atoms with van der Waals surface area (Å²) >= 11 is 3.35. The summed E-state index contributed by atoms with van der Waals surface area (Å²) in [6.07, 6.45) is 2.58. The van der Waals surface area contributed by atoms with Gasteiger partial charge in [0.05, 0.1) is 5.56 Å². The first kappa shape index (κ1) is 14.3. The van der Waals surface area contributed by atoms with Crippen LogP contribution in [0.1, 0.15) is 30.1 Å². The van der Waals surface area contributed by atoms with E-state index >= 15 is 0 Å². The van der Waals surface area contributed by atoms with Crippen LogP contribution < -0.4 is 11.1 Å². The first-order valence-corrected chi connectivity index (χ1v) is 7.48. The fourth-order valence-corrected chi connectivity index (χ4v) is 2.53. The molecule has 1 aliphatic carbocycles. The number of nitrogens with one attached hydrogen (secondary N) is 1. The summed E-state index contributed by atoms with van der Waals surface area (Å²) < 4.78 is 0.861. The van der Waals surface area contributed by atoms with Crippen molar-refractivity contribution in [1.29, 1.82) is 0 Å². The number of nitrogen functional groups attached to an aromatic ring is 1. The first-order chi connectivity index (χ1) is 9.11. The second kappa shape index (κ2) is 6.39. The van der Waals surface area contributed by atoms with E-state index in [1.165, 1.54) is 12.8 Å². The fraction of sp³-hybridized carbons (Fsp3) is 0.500. The van der Waals surface area contributed by atoms with Crippen molar-refractivity contribution in [1.82, 2.24) is 10.2 Å². The maximum absolute atomic E-state index is 12.0. The van der Waals surface area contributed by atoms with Crippen molar-refractivity contribution in [2.45, 2.75) is 25.8 Å². The monoisotopic (exact) mass is 325 g/mol. The maximum Gasteiger partial charge on any atom is 0.253 e. The van der Waals surface area contributed by atoms with Gasteiger partial charge in [0.1, 0.15) is 0 Å². The molecule has 0 unspecified atom stereocenters. The van der Waals surface area contributed by atoms with Crippen LogP contribution in [0.15, 0.2) is 22.7 Å². The van der Waals surface area contributed by atoms with E-state index in [9.17, 15) is 4.79 Å². The van der Waals surface area contributed by atoms with E-state index in [0.717, 1.165) is 23.6 Å². The number of hydrogen-bond acceptors (Lipinski definition) is 3. The van der Waals surface area contributed by atoms with E-state index < -0.39 is 0 Å². The molecule has 0 aromatic heterocycles. The summed E-state index contributed by atoms with van der Waals surface area (Å²) in [7, 11) is 0. The summed E-state index contributed by atoms with van der Waals surface area (Å²) in [4.78, 5) is 14.4. The van der Waals surface area contributed by atoms with Gasteiger partial charge in [-0.1, -0.05) is 22.9 Å². The number of hydrogen-bond donors (Lipinski definition) is 2. The molecule has 19 heavy (non-hydrogen) atoms. The molecule has 0 aliphatic heterocycles. The van der Waals surface area contributed by atoms with Gasteiger partial charge >= 0.3 is 0 Å². The predicted octanol–water partition coefficient (Wildman–Crippen LogP) is 2.25. The number of amides is 1. The molecule has 0 radical (unpaired) electrons. The number of rotatable bonds is 6. The van der Waals surface area contributed by atoms with Crippen molar-refractivity contribution in [2.75, 3.05) is 25.4 Å². The Hall–Kier alpha value is -1.07. The van der Waals surface area contributed by atoms with E-state index in [-0.39, 0.29) is 5.91 Å². The molecule has 1 aliphatic rings. The molecule has 0 spiro atoms. The van der Waals surface area contributed by atoms with Crippen molar-refractivity contribution in [3.8, 4) is 0 Å². The van der Waals surface area contributed by atoms with Crippen LogP contribution >= 0.6 is 15.9 Å². The molecule has 3 N–H and O–H groups in total. The number of nitrogens with zero attached hydrogens (tertiary/aromatic N) is 1. The quantitative estimate of drug-likeness (QED) is 0.789. The highest BCUT2D eigenvalue weighted by Crippen LogP contribution is 2.25. The molecule has 0 heterocycles. The standard InChI is InChI=1S/C14H20BrN3O/c1-2-18(11-4-5-11)8-7-17-14(19)12-9-10(15)3-6-13(12)16/h3,6,9,11H,2,4-5,7-8,16H2,1H3,(H,17,19). The van der Waals surface area contributed by atoms with Gasteiger partial charge in [-0.25, -0.2) is 0 Å². The molecule has 1 aromatic carbocycles. The third-order valence-corrected chi connectivity index (χ3v) is 3.91. The van der Waals surface area contributed by atoms with Crippen LogP contribution in [0.2, 0.25) is 0 Å². The largest absolute Gasteiger partial charge is 0.398 e. The second-order valence-corrected chi connectivity index (χ2v) is 5.76. The zero-order chi connectivity index (χ0) is 13.8. The number of anilines is 1. The third kappa shape index (κ3) is 3.94. The average Bonchev–Trinajstić information content (AvgIpc) is 3.21. The van der Waals surface area contributed by atoms with Gasteiger partial charge in [0.25, 0.3) is 5.91 Å². The van der Waals surface area contributed by atoms with Gasteiger partial charge in [-0.15, -0.1) is 0 Å². The molecule has 1 saturated carbocycles. The summed E-state index contributed by atoms with van der Waals surface area (Å²) in [5.74, 6) is -0.106. The number of carbonyl (C=O) groups excluding carboxylic acids is 1. The lowest BCUT2D eigenvalue weighted by atomic mass is 10.1. The molecule has 2 rings (SSSR count). The van der Waals surface area contributed by atoms with E-state index in [2.05, 4.69) is 33.1 Å². The lowest BCUT2D eigenvalue weighted by Crippen LogP contribution is -2.36. The summed E-state index contributed by atoms with van der Waals surface area (Å²) in [6, 6.07) is 6.06. The molecule has 4 nitrogen and oxygen atoms in total. The lowest BCUT2D eigenvalue weighted by molar-refractivity contribution is 0.0949. The summed E-state index contributed by atoms with van der Waals surface area (Å²) in [5, 5.41) is 2.93. The number of likely N-dealkylation sites (N-methyl/N-ethyl adjacent to an activating group) is 1. The zero-order valence-electron chi connectivity index (χ0n) is 11.2. The van der Waals surface area contributed by atoms with E-state index in [1.54, 1.807) is 12.1 Å². The molecule has 0 bridgehead atoms. The van der Waals surface area contributed by atoms with E-state index in [0.29, 0.717) is 17.8 Å². The van der Waals surface area contributed by atoms with Gasteiger partial charge in [0, 0.05) is 29.3 Å². The zero-order valence-corrected chi connectivity index (χ0v) is 12.7. The van der Waals surface area contributed by atoms with Gasteiger partial charge < -0.3 is 11.1 Å². The predicted molar refractivity (Wildman–Crippen MR) is 81.2 cm³/mol. The van der Waals surface area contributed by atoms with Crippen molar-refractivity contribution >= 4 is 27.5 Å². The molecule has 0 saturated heterocycles. The van der Waals surface area contributed by atoms with Crippen molar-refractivity contribution in [2.24, 2.45) is 0 Å². The number of carbonyl (C=O) groups is 1. The highest BCUT2D eigenvalue weighted by molar-refractivity contribution is 9.10. The smallest absolute Gasteiger partial charge is 0.253 e. The topological polar surface area (TPSA) is 58.4 Å². The first-order valence-electron chi connectivity index (χ1n) is 6.69. The van der Waals surface area contributed by atoms with Gasteiger partial charge in [-0.2, -0.15) is 0 Å². The summed E-state index contributed by atoms with van der Waals surface area (Å²) in [5.41, 5.74) is 6.86. The molecular weight excluding hydrogens is 306 g/mol. The van der Waals surface area contributed by atoms with Crippen LogP contribution in [0.4, 0.5) is 5.69 Å². The summed E-state index contributed by atoms with van der Waals surface area (Å²) in [6.45, 7) is 4.77. The van der Waals surface area contributed by atoms with Crippen molar-refractivity contribution < 1.29 is 4.79 Å². The van der Waals surface area contributed by atoms with Crippen molar-refractivity contribution in [3.05, 3.63) is 28.2 Å². The molecule has 1 fully saturated rings. The third-order valence-electron chi connectivity index (χ3n) is 3.41. The average molecular weight is 326 g/mol. The Bertz CT molecular complexity index is 460. The number of halogens is 1. The van der Waals surface area contributed by atoms with Crippen LogP contribution in [0.5, 0.6) is 0 Å². The van der Waals surface area contributed by atoms with Crippen LogP contribution in [0.3, 0.4) is 0 Å². The Morgan fingerprint density at radius 2 is 2.26 bits per heavy atom. The Balaban J connectivity index is 1.85. The maximum atomic E-state index is 12.0. The fourth-order valence-electron chi connectivity index (χ4n) is 2.17. The normalized spacial score (nSPS) is 14.7. The molecular formula is C14H20BrN3O. The Morgan fingerprint density at radius 3 is 2.89 bits per heavy atom. The van der Waals surface area contributed by atoms with Crippen molar-refractivity contribution in [3.63, 3.8) is 0 Å². The minimum atomic E-state index is -0.106. The molecule has 1 aromatic rings.